The first-order valence-corrected chi connectivity index (χ1v) is 9.65. The van der Waals surface area contributed by atoms with E-state index in [0.717, 1.165) is 38.9 Å². The largest absolute Gasteiger partial charge is 0.381 e. The zero-order chi connectivity index (χ0) is 19.8. The van der Waals surface area contributed by atoms with Crippen LogP contribution >= 0.6 is 0 Å². The molecule has 0 saturated heterocycles. The van der Waals surface area contributed by atoms with E-state index in [1.807, 2.05) is 27.7 Å². The Morgan fingerprint density at radius 2 is 0.840 bits per heavy atom. The first-order chi connectivity index (χ1) is 11.1. The lowest BCUT2D eigenvalue weighted by molar-refractivity contribution is 0.0793. The van der Waals surface area contributed by atoms with Crippen LogP contribution in [0.4, 0.5) is 0 Å². The molecule has 0 unspecified atom stereocenters. The van der Waals surface area contributed by atoms with Crippen LogP contribution < -0.4 is 16.8 Å². The third-order valence-corrected chi connectivity index (χ3v) is 4.20. The quantitative estimate of drug-likeness (QED) is 0.415. The van der Waals surface area contributed by atoms with Gasteiger partial charge in [0.05, 0.1) is 0 Å². The van der Waals surface area contributed by atoms with Gasteiger partial charge in [0.15, 0.2) is 0 Å². The smallest absolute Gasteiger partial charge is 0.0483 e. The van der Waals surface area contributed by atoms with Gasteiger partial charge in [0.25, 0.3) is 0 Å². The van der Waals surface area contributed by atoms with E-state index in [0.29, 0.717) is 13.2 Å². The van der Waals surface area contributed by atoms with E-state index in [9.17, 15) is 0 Å². The molecular weight excluding hydrogens is 314 g/mol. The Morgan fingerprint density at radius 1 is 0.560 bits per heavy atom. The molecule has 0 bridgehead atoms. The topological polar surface area (TPSA) is 82.5 Å². The second kappa shape index (κ2) is 10.2. The van der Waals surface area contributed by atoms with E-state index in [1.165, 1.54) is 0 Å². The average molecular weight is 360 g/mol. The monoisotopic (exact) mass is 359 g/mol. The molecule has 0 aliphatic heterocycles. The van der Waals surface area contributed by atoms with Gasteiger partial charge >= 0.3 is 0 Å². The van der Waals surface area contributed by atoms with Crippen LogP contribution in [-0.2, 0) is 9.47 Å². The van der Waals surface area contributed by atoms with E-state index < -0.39 is 0 Å². The Labute approximate surface area is 156 Å². The third kappa shape index (κ3) is 17.0. The average Bonchev–Trinajstić information content (AvgIpc) is 2.33. The van der Waals surface area contributed by atoms with Gasteiger partial charge in [-0.05, 0) is 81.1 Å². The molecule has 25 heavy (non-hydrogen) atoms. The highest BCUT2D eigenvalue weighted by molar-refractivity contribution is 4.88. The summed E-state index contributed by atoms with van der Waals surface area (Å²) in [6.45, 7) is 19.9. The molecule has 0 fully saturated rings. The van der Waals surface area contributed by atoms with E-state index in [1.54, 1.807) is 0 Å². The van der Waals surface area contributed by atoms with Gasteiger partial charge in [-0.1, -0.05) is 0 Å². The molecule has 0 aliphatic rings. The minimum atomic E-state index is -0.158. The molecule has 152 valence electrons. The number of rotatable bonds is 14. The van der Waals surface area contributed by atoms with Gasteiger partial charge in [-0.2, -0.15) is 0 Å². The number of hydrogen-bond donors (Lipinski definition) is 3. The predicted octanol–water partition coefficient (Wildman–Crippen LogP) is 3.20. The molecule has 0 rings (SSSR count). The molecular formula is C20H45N3O2. The summed E-state index contributed by atoms with van der Waals surface area (Å²) in [7, 11) is 0. The maximum Gasteiger partial charge on any atom is 0.0483 e. The fourth-order valence-electron chi connectivity index (χ4n) is 2.57. The lowest BCUT2D eigenvalue weighted by atomic mass is 9.92. The number of nitrogens with one attached hydrogen (secondary N) is 1. The Morgan fingerprint density at radius 3 is 1.12 bits per heavy atom. The van der Waals surface area contributed by atoms with Gasteiger partial charge in [0.1, 0.15) is 0 Å². The summed E-state index contributed by atoms with van der Waals surface area (Å²) in [5.74, 6) is 0. The molecule has 0 aromatic heterocycles. The van der Waals surface area contributed by atoms with Crippen molar-refractivity contribution in [1.29, 1.82) is 0 Å². The highest BCUT2D eigenvalue weighted by Crippen LogP contribution is 2.18. The predicted molar refractivity (Wildman–Crippen MR) is 108 cm³/mol. The lowest BCUT2D eigenvalue weighted by Gasteiger charge is -2.37. The second-order valence-corrected chi connectivity index (χ2v) is 10.1. The standard InChI is InChI=1S/C20H45N3O2/c1-17(2,21)9-13-24-15-11-19(5,6)23-20(7,8)12-16-25-14-10-18(3,4)22/h23H,9-16,21-22H2,1-8H3. The summed E-state index contributed by atoms with van der Waals surface area (Å²) >= 11 is 0. The zero-order valence-corrected chi connectivity index (χ0v) is 18.1. The minimum absolute atomic E-state index is 0.0149. The molecule has 0 atom stereocenters. The summed E-state index contributed by atoms with van der Waals surface area (Å²) < 4.78 is 11.5. The molecule has 5 nitrogen and oxygen atoms in total. The van der Waals surface area contributed by atoms with Crippen LogP contribution in [-0.4, -0.2) is 48.6 Å². The van der Waals surface area contributed by atoms with Crippen LogP contribution in [0.1, 0.15) is 81.1 Å². The Balaban J connectivity index is 3.99. The molecule has 0 spiro atoms. The Hall–Kier alpha value is -0.200. The Bertz CT molecular complexity index is 321. The van der Waals surface area contributed by atoms with Crippen LogP contribution in [0.2, 0.25) is 0 Å². The van der Waals surface area contributed by atoms with Gasteiger partial charge in [-0.15, -0.1) is 0 Å². The molecule has 0 aromatic carbocycles. The highest BCUT2D eigenvalue weighted by Gasteiger charge is 2.27. The zero-order valence-electron chi connectivity index (χ0n) is 18.1. The second-order valence-electron chi connectivity index (χ2n) is 10.1. The van der Waals surface area contributed by atoms with Crippen molar-refractivity contribution in [2.75, 3.05) is 26.4 Å². The Kier molecular flexibility index (Phi) is 10.1. The maximum atomic E-state index is 5.97. The van der Waals surface area contributed by atoms with E-state index >= 15 is 0 Å². The fraction of sp³-hybridized carbons (Fsp3) is 1.00. The third-order valence-electron chi connectivity index (χ3n) is 4.20. The molecule has 0 heterocycles. The van der Waals surface area contributed by atoms with Gasteiger partial charge < -0.3 is 26.3 Å². The van der Waals surface area contributed by atoms with Crippen LogP contribution in [0.25, 0.3) is 0 Å². The number of ether oxygens (including phenoxy) is 2. The van der Waals surface area contributed by atoms with Gasteiger partial charge in [-0.3, -0.25) is 0 Å². The lowest BCUT2D eigenvalue weighted by Crippen LogP contribution is -2.53. The first kappa shape index (κ1) is 24.8. The highest BCUT2D eigenvalue weighted by atomic mass is 16.5. The van der Waals surface area contributed by atoms with Crippen LogP contribution in [0.3, 0.4) is 0 Å². The first-order valence-electron chi connectivity index (χ1n) is 9.65. The molecule has 0 saturated carbocycles. The minimum Gasteiger partial charge on any atom is -0.381 e. The van der Waals surface area contributed by atoms with Crippen molar-refractivity contribution in [2.45, 2.75) is 103 Å². The van der Waals surface area contributed by atoms with Crippen molar-refractivity contribution < 1.29 is 9.47 Å². The van der Waals surface area contributed by atoms with Crippen LogP contribution in [0.5, 0.6) is 0 Å². The number of nitrogens with two attached hydrogens (primary N) is 2. The van der Waals surface area contributed by atoms with Crippen molar-refractivity contribution >= 4 is 0 Å². The normalized spacial score (nSPS) is 14.2. The van der Waals surface area contributed by atoms with Crippen LogP contribution in [0.15, 0.2) is 0 Å². The van der Waals surface area contributed by atoms with Gasteiger partial charge in [-0.25, -0.2) is 0 Å². The maximum absolute atomic E-state index is 5.97. The van der Waals surface area contributed by atoms with E-state index in [4.69, 9.17) is 20.9 Å². The molecule has 0 amide bonds. The van der Waals surface area contributed by atoms with Crippen molar-refractivity contribution in [3.8, 4) is 0 Å². The summed E-state index contributed by atoms with van der Waals surface area (Å²) in [6, 6.07) is 0. The SMILES string of the molecule is CC(C)(N)CCOCCC(C)(C)NC(C)(C)CCOCCC(C)(C)N. The van der Waals surface area contributed by atoms with Crippen molar-refractivity contribution in [2.24, 2.45) is 11.5 Å². The van der Waals surface area contributed by atoms with Crippen LogP contribution in [0, 0.1) is 0 Å². The molecule has 0 aliphatic carbocycles. The van der Waals surface area contributed by atoms with Gasteiger partial charge in [0, 0.05) is 48.6 Å². The fourth-order valence-corrected chi connectivity index (χ4v) is 2.57. The summed E-state index contributed by atoms with van der Waals surface area (Å²) in [5.41, 5.74) is 11.6. The molecule has 5 N–H and O–H groups in total. The summed E-state index contributed by atoms with van der Waals surface area (Å²) in [5, 5.41) is 3.74. The summed E-state index contributed by atoms with van der Waals surface area (Å²) in [4.78, 5) is 0. The van der Waals surface area contributed by atoms with E-state index in [-0.39, 0.29) is 22.2 Å². The van der Waals surface area contributed by atoms with Crippen molar-refractivity contribution in [3.63, 3.8) is 0 Å². The number of hydrogen-bond acceptors (Lipinski definition) is 5. The van der Waals surface area contributed by atoms with Crippen molar-refractivity contribution in [1.82, 2.24) is 5.32 Å². The molecule has 5 heteroatoms. The van der Waals surface area contributed by atoms with Crippen molar-refractivity contribution in [3.05, 3.63) is 0 Å². The molecule has 0 aromatic rings. The van der Waals surface area contributed by atoms with Gasteiger partial charge in [0.2, 0.25) is 0 Å². The van der Waals surface area contributed by atoms with E-state index in [2.05, 4.69) is 33.0 Å². The molecule has 0 radical (unpaired) electrons. The summed E-state index contributed by atoms with van der Waals surface area (Å²) in [6.07, 6.45) is 3.68.